The van der Waals surface area contributed by atoms with E-state index in [0.29, 0.717) is 25.6 Å². The van der Waals surface area contributed by atoms with E-state index in [4.69, 9.17) is 15.2 Å². The first-order valence-corrected chi connectivity index (χ1v) is 4.85. The van der Waals surface area contributed by atoms with Crippen LogP contribution in [0, 0.1) is 5.92 Å². The minimum Gasteiger partial charge on any atom is -0.464 e. The molecule has 1 rings (SSSR count). The monoisotopic (exact) mass is 199 g/mol. The Morgan fingerprint density at radius 2 is 2.57 bits per heavy atom. The van der Waals surface area contributed by atoms with Crippen molar-refractivity contribution < 1.29 is 14.3 Å². The lowest BCUT2D eigenvalue weighted by molar-refractivity contribution is -0.146. The second kappa shape index (κ2) is 5.78. The topological polar surface area (TPSA) is 61.6 Å². The van der Waals surface area contributed by atoms with Gasteiger partial charge in [0.25, 0.3) is 0 Å². The van der Waals surface area contributed by atoms with Gasteiger partial charge in [0.15, 0.2) is 0 Å². The SMILES string of the molecule is C=CCC(N)C(=O)OCC1CCOC1. The van der Waals surface area contributed by atoms with Crippen LogP contribution >= 0.6 is 0 Å². The second-order valence-corrected chi connectivity index (χ2v) is 3.49. The fourth-order valence-electron chi connectivity index (χ4n) is 1.30. The zero-order chi connectivity index (χ0) is 10.4. The quantitative estimate of drug-likeness (QED) is 0.516. The summed E-state index contributed by atoms with van der Waals surface area (Å²) in [5, 5.41) is 0. The van der Waals surface area contributed by atoms with Crippen molar-refractivity contribution in [3.63, 3.8) is 0 Å². The maximum absolute atomic E-state index is 11.3. The van der Waals surface area contributed by atoms with Gasteiger partial charge in [-0.3, -0.25) is 4.79 Å². The minimum atomic E-state index is -0.574. The molecule has 2 atom stereocenters. The lowest BCUT2D eigenvalue weighted by Gasteiger charge is -2.12. The van der Waals surface area contributed by atoms with Crippen molar-refractivity contribution in [3.05, 3.63) is 12.7 Å². The number of esters is 1. The molecule has 1 saturated heterocycles. The van der Waals surface area contributed by atoms with Gasteiger partial charge in [0.05, 0.1) is 13.2 Å². The first-order valence-electron chi connectivity index (χ1n) is 4.85. The van der Waals surface area contributed by atoms with Crippen molar-refractivity contribution in [1.82, 2.24) is 0 Å². The largest absolute Gasteiger partial charge is 0.464 e. The van der Waals surface area contributed by atoms with Crippen molar-refractivity contribution in [2.75, 3.05) is 19.8 Å². The predicted molar refractivity (Wildman–Crippen MR) is 52.7 cm³/mol. The molecule has 14 heavy (non-hydrogen) atoms. The molecule has 1 aliphatic heterocycles. The second-order valence-electron chi connectivity index (χ2n) is 3.49. The molecule has 4 heteroatoms. The highest BCUT2D eigenvalue weighted by atomic mass is 16.5. The lowest BCUT2D eigenvalue weighted by atomic mass is 10.1. The highest BCUT2D eigenvalue weighted by Gasteiger charge is 2.19. The molecule has 4 nitrogen and oxygen atoms in total. The van der Waals surface area contributed by atoms with E-state index in [9.17, 15) is 4.79 Å². The Morgan fingerprint density at radius 3 is 3.14 bits per heavy atom. The van der Waals surface area contributed by atoms with Gasteiger partial charge in [-0.2, -0.15) is 0 Å². The Morgan fingerprint density at radius 1 is 1.79 bits per heavy atom. The Hall–Kier alpha value is -0.870. The summed E-state index contributed by atoms with van der Waals surface area (Å²) in [6.45, 7) is 5.38. The van der Waals surface area contributed by atoms with E-state index in [-0.39, 0.29) is 5.97 Å². The Bertz CT molecular complexity index is 200. The molecule has 1 heterocycles. The van der Waals surface area contributed by atoms with Crippen molar-refractivity contribution in [2.45, 2.75) is 18.9 Å². The number of carbonyl (C=O) groups is 1. The van der Waals surface area contributed by atoms with Crippen LogP contribution in [0.3, 0.4) is 0 Å². The summed E-state index contributed by atoms with van der Waals surface area (Å²) in [6, 6.07) is -0.574. The van der Waals surface area contributed by atoms with Gasteiger partial charge in [0.1, 0.15) is 6.04 Å². The fraction of sp³-hybridized carbons (Fsp3) is 0.700. The molecule has 1 fully saturated rings. The molecule has 0 aromatic rings. The normalized spacial score (nSPS) is 23.1. The van der Waals surface area contributed by atoms with Gasteiger partial charge in [-0.25, -0.2) is 0 Å². The third-order valence-electron chi connectivity index (χ3n) is 2.21. The van der Waals surface area contributed by atoms with Crippen LogP contribution in [0.4, 0.5) is 0 Å². The number of nitrogens with two attached hydrogens (primary N) is 1. The van der Waals surface area contributed by atoms with Gasteiger partial charge in [-0.05, 0) is 12.8 Å². The molecule has 2 unspecified atom stereocenters. The zero-order valence-corrected chi connectivity index (χ0v) is 8.28. The van der Waals surface area contributed by atoms with Crippen molar-refractivity contribution in [2.24, 2.45) is 11.7 Å². The summed E-state index contributed by atoms with van der Waals surface area (Å²) in [5.41, 5.74) is 5.54. The summed E-state index contributed by atoms with van der Waals surface area (Å²) < 4.78 is 10.2. The third kappa shape index (κ3) is 3.47. The number of carbonyl (C=O) groups excluding carboxylic acids is 1. The van der Waals surface area contributed by atoms with E-state index in [1.165, 1.54) is 0 Å². The van der Waals surface area contributed by atoms with Crippen LogP contribution in [0.1, 0.15) is 12.8 Å². The van der Waals surface area contributed by atoms with Gasteiger partial charge in [0.2, 0.25) is 0 Å². The van der Waals surface area contributed by atoms with E-state index in [0.717, 1.165) is 13.0 Å². The highest BCUT2D eigenvalue weighted by Crippen LogP contribution is 2.12. The first-order chi connectivity index (χ1) is 6.74. The summed E-state index contributed by atoms with van der Waals surface area (Å²) >= 11 is 0. The van der Waals surface area contributed by atoms with Gasteiger partial charge in [-0.15, -0.1) is 6.58 Å². The van der Waals surface area contributed by atoms with E-state index >= 15 is 0 Å². The Labute approximate surface area is 84.1 Å². The van der Waals surface area contributed by atoms with Crippen molar-refractivity contribution in [1.29, 1.82) is 0 Å². The van der Waals surface area contributed by atoms with E-state index in [2.05, 4.69) is 6.58 Å². The van der Waals surface area contributed by atoms with Crippen LogP contribution in [0.25, 0.3) is 0 Å². The van der Waals surface area contributed by atoms with Crippen LogP contribution in [0.5, 0.6) is 0 Å². The highest BCUT2D eigenvalue weighted by molar-refractivity contribution is 5.75. The van der Waals surface area contributed by atoms with Gasteiger partial charge < -0.3 is 15.2 Å². The van der Waals surface area contributed by atoms with E-state index in [1.807, 2.05) is 0 Å². The van der Waals surface area contributed by atoms with Crippen molar-refractivity contribution in [3.8, 4) is 0 Å². The average molecular weight is 199 g/mol. The maximum Gasteiger partial charge on any atom is 0.323 e. The molecule has 0 aromatic heterocycles. The van der Waals surface area contributed by atoms with Crippen LogP contribution in [-0.4, -0.2) is 31.8 Å². The number of rotatable bonds is 5. The fourth-order valence-corrected chi connectivity index (χ4v) is 1.30. The van der Waals surface area contributed by atoms with Crippen LogP contribution in [0.15, 0.2) is 12.7 Å². The number of hydrogen-bond acceptors (Lipinski definition) is 4. The van der Waals surface area contributed by atoms with Crippen LogP contribution < -0.4 is 5.73 Å². The molecule has 0 radical (unpaired) electrons. The molecule has 0 aliphatic carbocycles. The van der Waals surface area contributed by atoms with Crippen molar-refractivity contribution >= 4 is 5.97 Å². The molecule has 0 amide bonds. The Balaban J connectivity index is 2.16. The van der Waals surface area contributed by atoms with E-state index < -0.39 is 6.04 Å². The van der Waals surface area contributed by atoms with Gasteiger partial charge in [-0.1, -0.05) is 6.08 Å². The van der Waals surface area contributed by atoms with Gasteiger partial charge in [0, 0.05) is 12.5 Å². The third-order valence-corrected chi connectivity index (χ3v) is 2.21. The zero-order valence-electron chi connectivity index (χ0n) is 8.28. The summed E-state index contributed by atoms with van der Waals surface area (Å²) in [5.74, 6) is -0.00770. The molecule has 2 N–H and O–H groups in total. The Kier molecular flexibility index (Phi) is 4.62. The van der Waals surface area contributed by atoms with Crippen LogP contribution in [-0.2, 0) is 14.3 Å². The molecule has 0 spiro atoms. The molecule has 0 bridgehead atoms. The first kappa shape index (κ1) is 11.2. The summed E-state index contributed by atoms with van der Waals surface area (Å²) in [4.78, 5) is 11.3. The molecule has 80 valence electrons. The van der Waals surface area contributed by atoms with Crippen LogP contribution in [0.2, 0.25) is 0 Å². The standard InChI is InChI=1S/C10H17NO3/c1-2-3-9(11)10(12)14-7-8-4-5-13-6-8/h2,8-9H,1,3-7,11H2. The smallest absolute Gasteiger partial charge is 0.323 e. The molecule has 0 aromatic carbocycles. The predicted octanol–water partition coefficient (Wildman–Crippen LogP) is 0.469. The van der Waals surface area contributed by atoms with Gasteiger partial charge >= 0.3 is 5.97 Å². The molecule has 0 saturated carbocycles. The minimum absolute atomic E-state index is 0.342. The molecule has 1 aliphatic rings. The molecular weight excluding hydrogens is 182 g/mol. The molecular formula is C10H17NO3. The lowest BCUT2D eigenvalue weighted by Crippen LogP contribution is -2.32. The average Bonchev–Trinajstić information content (AvgIpc) is 2.67. The van der Waals surface area contributed by atoms with E-state index in [1.54, 1.807) is 6.08 Å². The number of ether oxygens (including phenoxy) is 2. The summed E-state index contributed by atoms with van der Waals surface area (Å²) in [7, 11) is 0. The maximum atomic E-state index is 11.3. The number of hydrogen-bond donors (Lipinski definition) is 1. The summed E-state index contributed by atoms with van der Waals surface area (Å²) in [6.07, 6.45) is 3.04.